The average Bonchev–Trinajstić information content (AvgIpc) is 2.39. The molecule has 3 nitrogen and oxygen atoms in total. The second kappa shape index (κ2) is 5.99. The number of hydrogen-bond acceptors (Lipinski definition) is 3. The average molecular weight is 225 g/mol. The Kier molecular flexibility index (Phi) is 4.62. The lowest BCUT2D eigenvalue weighted by atomic mass is 9.85. The zero-order chi connectivity index (χ0) is 11.4. The van der Waals surface area contributed by atoms with Crippen LogP contribution in [0.25, 0.3) is 0 Å². The van der Waals surface area contributed by atoms with Gasteiger partial charge in [-0.1, -0.05) is 13.3 Å². The third-order valence-corrected chi connectivity index (χ3v) is 4.46. The summed E-state index contributed by atoms with van der Waals surface area (Å²) in [7, 11) is 0. The molecule has 2 fully saturated rings. The summed E-state index contributed by atoms with van der Waals surface area (Å²) in [5.74, 6) is 0.794. The van der Waals surface area contributed by atoms with Crippen molar-refractivity contribution >= 4 is 0 Å². The highest BCUT2D eigenvalue weighted by Crippen LogP contribution is 2.27. The Balaban J connectivity index is 1.79. The highest BCUT2D eigenvalue weighted by molar-refractivity contribution is 4.83. The fourth-order valence-electron chi connectivity index (χ4n) is 3.25. The van der Waals surface area contributed by atoms with Crippen LogP contribution in [-0.2, 0) is 0 Å². The van der Waals surface area contributed by atoms with Gasteiger partial charge in [-0.15, -0.1) is 0 Å². The van der Waals surface area contributed by atoms with E-state index in [1.807, 2.05) is 0 Å². The van der Waals surface area contributed by atoms with Gasteiger partial charge in [-0.25, -0.2) is 0 Å². The van der Waals surface area contributed by atoms with Crippen LogP contribution in [-0.4, -0.2) is 55.1 Å². The van der Waals surface area contributed by atoms with Crippen molar-refractivity contribution in [3.63, 3.8) is 0 Å². The van der Waals surface area contributed by atoms with Gasteiger partial charge in [-0.3, -0.25) is 4.90 Å². The van der Waals surface area contributed by atoms with Gasteiger partial charge < -0.3 is 10.6 Å². The van der Waals surface area contributed by atoms with Crippen LogP contribution >= 0.6 is 0 Å². The zero-order valence-corrected chi connectivity index (χ0v) is 10.7. The van der Waals surface area contributed by atoms with Crippen molar-refractivity contribution in [3.8, 4) is 0 Å². The minimum absolute atomic E-state index is 0.794. The summed E-state index contributed by atoms with van der Waals surface area (Å²) in [5.41, 5.74) is 5.81. The fraction of sp³-hybridized carbons (Fsp3) is 1.00. The number of hydrogen-bond donors (Lipinski definition) is 1. The molecule has 2 atom stereocenters. The lowest BCUT2D eigenvalue weighted by Gasteiger charge is -2.42. The lowest BCUT2D eigenvalue weighted by molar-refractivity contribution is 0.0701. The van der Waals surface area contributed by atoms with E-state index >= 15 is 0 Å². The summed E-state index contributed by atoms with van der Waals surface area (Å²) < 4.78 is 0. The molecular weight excluding hydrogens is 198 g/mol. The van der Waals surface area contributed by atoms with E-state index in [-0.39, 0.29) is 0 Å². The SMILES string of the molecule is CCN1CCN(C2CCCC(CN)C2)CC1. The van der Waals surface area contributed by atoms with Crippen molar-refractivity contribution in [2.45, 2.75) is 38.6 Å². The molecule has 2 N–H and O–H groups in total. The summed E-state index contributed by atoms with van der Waals surface area (Å²) in [6, 6.07) is 0.835. The molecule has 2 rings (SSSR count). The van der Waals surface area contributed by atoms with Gasteiger partial charge in [0, 0.05) is 32.2 Å². The van der Waals surface area contributed by atoms with E-state index in [0.29, 0.717) is 0 Å². The van der Waals surface area contributed by atoms with Crippen molar-refractivity contribution in [1.29, 1.82) is 0 Å². The maximum absolute atomic E-state index is 5.81. The van der Waals surface area contributed by atoms with E-state index in [2.05, 4.69) is 16.7 Å². The number of nitrogens with zero attached hydrogens (tertiary/aromatic N) is 2. The first-order valence-corrected chi connectivity index (χ1v) is 7.00. The Hall–Kier alpha value is -0.120. The summed E-state index contributed by atoms with van der Waals surface area (Å²) >= 11 is 0. The number of piperazine rings is 1. The van der Waals surface area contributed by atoms with Crippen LogP contribution in [0.2, 0.25) is 0 Å². The molecular formula is C13H27N3. The zero-order valence-electron chi connectivity index (χ0n) is 10.7. The smallest absolute Gasteiger partial charge is 0.0113 e. The Morgan fingerprint density at radius 2 is 1.88 bits per heavy atom. The summed E-state index contributed by atoms with van der Waals surface area (Å²) in [5, 5.41) is 0. The number of nitrogens with two attached hydrogens (primary N) is 1. The predicted octanol–water partition coefficient (Wildman–Crippen LogP) is 1.14. The van der Waals surface area contributed by atoms with Crippen molar-refractivity contribution in [3.05, 3.63) is 0 Å². The third kappa shape index (κ3) is 2.96. The number of rotatable bonds is 3. The summed E-state index contributed by atoms with van der Waals surface area (Å²) in [4.78, 5) is 5.27. The highest BCUT2D eigenvalue weighted by Gasteiger charge is 2.27. The molecule has 0 amide bonds. The van der Waals surface area contributed by atoms with E-state index in [4.69, 9.17) is 5.73 Å². The topological polar surface area (TPSA) is 32.5 Å². The minimum atomic E-state index is 0.794. The molecule has 1 saturated heterocycles. The molecule has 2 unspecified atom stereocenters. The first-order chi connectivity index (χ1) is 7.83. The molecule has 3 heteroatoms. The fourth-order valence-corrected chi connectivity index (χ4v) is 3.25. The van der Waals surface area contributed by atoms with E-state index in [0.717, 1.165) is 18.5 Å². The molecule has 0 spiro atoms. The Bertz CT molecular complexity index is 199. The predicted molar refractivity (Wildman–Crippen MR) is 68.5 cm³/mol. The molecule has 16 heavy (non-hydrogen) atoms. The minimum Gasteiger partial charge on any atom is -0.330 e. The van der Waals surface area contributed by atoms with Crippen LogP contribution in [0.15, 0.2) is 0 Å². The quantitative estimate of drug-likeness (QED) is 0.782. The van der Waals surface area contributed by atoms with Gasteiger partial charge in [0.15, 0.2) is 0 Å². The largest absolute Gasteiger partial charge is 0.330 e. The van der Waals surface area contributed by atoms with Gasteiger partial charge in [0.05, 0.1) is 0 Å². The molecule has 1 aliphatic heterocycles. The van der Waals surface area contributed by atoms with Crippen molar-refractivity contribution in [1.82, 2.24) is 9.80 Å². The number of likely N-dealkylation sites (N-methyl/N-ethyl adjacent to an activating group) is 1. The van der Waals surface area contributed by atoms with Crippen molar-refractivity contribution in [2.75, 3.05) is 39.3 Å². The van der Waals surface area contributed by atoms with Gasteiger partial charge in [-0.05, 0) is 38.3 Å². The molecule has 94 valence electrons. The van der Waals surface area contributed by atoms with Crippen LogP contribution in [0.3, 0.4) is 0 Å². The molecule has 0 radical (unpaired) electrons. The second-order valence-electron chi connectivity index (χ2n) is 5.39. The van der Waals surface area contributed by atoms with Gasteiger partial charge in [0.2, 0.25) is 0 Å². The molecule has 0 aromatic rings. The Morgan fingerprint density at radius 1 is 1.12 bits per heavy atom. The highest BCUT2D eigenvalue weighted by atomic mass is 15.3. The molecule has 0 aromatic carbocycles. The van der Waals surface area contributed by atoms with Crippen molar-refractivity contribution < 1.29 is 0 Å². The Labute approximate surface area is 100.0 Å². The maximum Gasteiger partial charge on any atom is 0.0113 e. The molecule has 0 aromatic heterocycles. The van der Waals surface area contributed by atoms with E-state index in [9.17, 15) is 0 Å². The molecule has 1 aliphatic carbocycles. The molecule has 1 heterocycles. The van der Waals surface area contributed by atoms with Crippen LogP contribution in [0.4, 0.5) is 0 Å². The van der Waals surface area contributed by atoms with Gasteiger partial charge in [-0.2, -0.15) is 0 Å². The first-order valence-electron chi connectivity index (χ1n) is 7.00. The van der Waals surface area contributed by atoms with Crippen molar-refractivity contribution in [2.24, 2.45) is 11.7 Å². The molecule has 0 bridgehead atoms. The monoisotopic (exact) mass is 225 g/mol. The van der Waals surface area contributed by atoms with E-state index in [1.54, 1.807) is 0 Å². The van der Waals surface area contributed by atoms with Crippen LogP contribution in [0.5, 0.6) is 0 Å². The Morgan fingerprint density at radius 3 is 2.50 bits per heavy atom. The van der Waals surface area contributed by atoms with Gasteiger partial charge in [0.25, 0.3) is 0 Å². The summed E-state index contributed by atoms with van der Waals surface area (Å²) in [6.07, 6.45) is 5.51. The van der Waals surface area contributed by atoms with Gasteiger partial charge >= 0.3 is 0 Å². The third-order valence-electron chi connectivity index (χ3n) is 4.46. The van der Waals surface area contributed by atoms with E-state index < -0.39 is 0 Å². The maximum atomic E-state index is 5.81. The molecule has 2 aliphatic rings. The summed E-state index contributed by atoms with van der Waals surface area (Å²) in [6.45, 7) is 9.45. The van der Waals surface area contributed by atoms with E-state index in [1.165, 1.54) is 58.4 Å². The molecule has 1 saturated carbocycles. The second-order valence-corrected chi connectivity index (χ2v) is 5.39. The lowest BCUT2D eigenvalue weighted by Crippen LogP contribution is -2.51. The normalized spacial score (nSPS) is 34.1. The standard InChI is InChI=1S/C13H27N3/c1-2-15-6-8-16(9-7-15)13-5-3-4-12(10-13)11-14/h12-13H,2-11,14H2,1H3. The first kappa shape index (κ1) is 12.3. The van der Waals surface area contributed by atoms with Crippen LogP contribution in [0, 0.1) is 5.92 Å². The van der Waals surface area contributed by atoms with Crippen LogP contribution < -0.4 is 5.73 Å². The van der Waals surface area contributed by atoms with Crippen LogP contribution in [0.1, 0.15) is 32.6 Å². The van der Waals surface area contributed by atoms with Gasteiger partial charge in [0.1, 0.15) is 0 Å².